The number of carbonyl (C=O) groups is 3. The molecular weight excluding hydrogens is 312 g/mol. The summed E-state index contributed by atoms with van der Waals surface area (Å²) in [5.74, 6) is 0.110. The molecule has 6 heteroatoms. The molecule has 0 radical (unpaired) electrons. The van der Waals surface area contributed by atoms with E-state index in [4.69, 9.17) is 0 Å². The van der Waals surface area contributed by atoms with E-state index in [1.165, 1.54) is 6.92 Å². The smallest absolute Gasteiger partial charge is 0.230 e. The third kappa shape index (κ3) is 10.5. The minimum Gasteiger partial charge on any atom is -0.355 e. The second-order valence-corrected chi connectivity index (χ2v) is 6.36. The molecule has 0 spiro atoms. The third-order valence-electron chi connectivity index (χ3n) is 3.14. The van der Waals surface area contributed by atoms with Crippen molar-refractivity contribution in [2.45, 2.75) is 39.2 Å². The molecule has 0 aromatic heterocycles. The van der Waals surface area contributed by atoms with Gasteiger partial charge in [-0.2, -0.15) is 0 Å². The summed E-state index contributed by atoms with van der Waals surface area (Å²) in [6.45, 7) is 2.59. The Morgan fingerprint density at radius 1 is 0.957 bits per heavy atom. The molecule has 2 N–H and O–H groups in total. The van der Waals surface area contributed by atoms with Crippen LogP contribution in [0, 0.1) is 0 Å². The van der Waals surface area contributed by atoms with Crippen molar-refractivity contribution in [3.63, 3.8) is 0 Å². The Labute approximate surface area is 141 Å². The van der Waals surface area contributed by atoms with E-state index in [1.54, 1.807) is 0 Å². The summed E-state index contributed by atoms with van der Waals surface area (Å²) >= 11 is 1.01. The van der Waals surface area contributed by atoms with Crippen LogP contribution < -0.4 is 10.6 Å². The summed E-state index contributed by atoms with van der Waals surface area (Å²) in [7, 11) is 0. The van der Waals surface area contributed by atoms with Gasteiger partial charge < -0.3 is 10.6 Å². The van der Waals surface area contributed by atoms with Gasteiger partial charge in [0.05, 0.1) is 5.75 Å². The van der Waals surface area contributed by atoms with Crippen molar-refractivity contribution in [1.82, 2.24) is 10.6 Å². The van der Waals surface area contributed by atoms with Crippen LogP contribution in [0.2, 0.25) is 0 Å². The van der Waals surface area contributed by atoms with Gasteiger partial charge in [0.2, 0.25) is 11.8 Å². The molecule has 0 saturated heterocycles. The lowest BCUT2D eigenvalue weighted by molar-refractivity contribution is -0.121. The number of carbonyl (C=O) groups excluding carboxylic acids is 3. The maximum atomic E-state index is 11.7. The lowest BCUT2D eigenvalue weighted by Gasteiger charge is -2.06. The molecule has 1 aromatic carbocycles. The number of hydrogen-bond donors (Lipinski definition) is 2. The Kier molecular flexibility index (Phi) is 9.79. The maximum absolute atomic E-state index is 11.7. The highest BCUT2D eigenvalue weighted by atomic mass is 32.2. The van der Waals surface area contributed by atoms with E-state index in [1.807, 2.05) is 30.3 Å². The number of rotatable bonds is 10. The fraction of sp³-hybridized carbons (Fsp3) is 0.471. The Morgan fingerprint density at radius 3 is 2.39 bits per heavy atom. The Morgan fingerprint density at radius 2 is 1.70 bits per heavy atom. The molecule has 23 heavy (non-hydrogen) atoms. The van der Waals surface area contributed by atoms with Crippen LogP contribution in [-0.2, 0) is 20.9 Å². The van der Waals surface area contributed by atoms with Crippen LogP contribution in [0.4, 0.5) is 0 Å². The van der Waals surface area contributed by atoms with E-state index in [9.17, 15) is 14.4 Å². The number of amides is 2. The molecule has 2 amide bonds. The fourth-order valence-electron chi connectivity index (χ4n) is 1.92. The molecular formula is C17H24N2O3S. The summed E-state index contributed by atoms with van der Waals surface area (Å²) in [5.41, 5.74) is 1.09. The molecule has 0 atom stereocenters. The van der Waals surface area contributed by atoms with Crippen LogP contribution in [-0.4, -0.2) is 29.2 Å². The van der Waals surface area contributed by atoms with Crippen LogP contribution >= 0.6 is 11.8 Å². The SMILES string of the molecule is CC(=O)SCC(=O)NCCCCCC(=O)NCc1ccccc1. The van der Waals surface area contributed by atoms with E-state index in [2.05, 4.69) is 10.6 Å². The zero-order valence-electron chi connectivity index (χ0n) is 13.5. The minimum atomic E-state index is -0.120. The van der Waals surface area contributed by atoms with Crippen LogP contribution in [0.1, 0.15) is 38.2 Å². The van der Waals surface area contributed by atoms with Crippen LogP contribution in [0.3, 0.4) is 0 Å². The van der Waals surface area contributed by atoms with Gasteiger partial charge in [-0.25, -0.2) is 0 Å². The van der Waals surface area contributed by atoms with E-state index < -0.39 is 0 Å². The van der Waals surface area contributed by atoms with Gasteiger partial charge in [0.15, 0.2) is 5.12 Å². The zero-order valence-corrected chi connectivity index (χ0v) is 14.3. The van der Waals surface area contributed by atoms with Gasteiger partial charge in [-0.05, 0) is 18.4 Å². The highest BCUT2D eigenvalue weighted by Gasteiger charge is 2.04. The fourth-order valence-corrected chi connectivity index (χ4v) is 2.35. The van der Waals surface area contributed by atoms with Gasteiger partial charge in [-0.3, -0.25) is 14.4 Å². The van der Waals surface area contributed by atoms with Gasteiger partial charge in [-0.15, -0.1) is 0 Å². The molecule has 0 saturated carbocycles. The van der Waals surface area contributed by atoms with Crippen molar-refractivity contribution in [2.24, 2.45) is 0 Å². The molecule has 0 aliphatic rings. The molecule has 1 rings (SSSR count). The summed E-state index contributed by atoms with van der Waals surface area (Å²) in [6.07, 6.45) is 3.03. The topological polar surface area (TPSA) is 75.3 Å². The van der Waals surface area contributed by atoms with Crippen LogP contribution in [0.25, 0.3) is 0 Å². The molecule has 126 valence electrons. The molecule has 0 aliphatic carbocycles. The minimum absolute atomic E-state index is 0.0516. The lowest BCUT2D eigenvalue weighted by Crippen LogP contribution is -2.26. The van der Waals surface area contributed by atoms with Gasteiger partial charge in [0.1, 0.15) is 0 Å². The van der Waals surface area contributed by atoms with Gasteiger partial charge in [-0.1, -0.05) is 48.5 Å². The number of unbranched alkanes of at least 4 members (excludes halogenated alkanes) is 2. The van der Waals surface area contributed by atoms with E-state index in [-0.39, 0.29) is 22.7 Å². The molecule has 0 aliphatic heterocycles. The Hall–Kier alpha value is -1.82. The van der Waals surface area contributed by atoms with Crippen molar-refractivity contribution >= 4 is 28.7 Å². The first-order valence-corrected chi connectivity index (χ1v) is 8.77. The van der Waals surface area contributed by atoms with Gasteiger partial charge >= 0.3 is 0 Å². The predicted octanol–water partition coefficient (Wildman–Crippen LogP) is 2.26. The third-order valence-corrected chi connectivity index (χ3v) is 3.95. The summed E-state index contributed by atoms with van der Waals surface area (Å²) < 4.78 is 0. The average Bonchev–Trinajstić information content (AvgIpc) is 2.55. The van der Waals surface area contributed by atoms with E-state index in [0.29, 0.717) is 19.5 Å². The summed E-state index contributed by atoms with van der Waals surface area (Å²) in [4.78, 5) is 33.8. The first-order valence-electron chi connectivity index (χ1n) is 7.78. The first kappa shape index (κ1) is 19.2. The summed E-state index contributed by atoms with van der Waals surface area (Å²) in [6, 6.07) is 9.80. The molecule has 1 aromatic rings. The molecule has 5 nitrogen and oxygen atoms in total. The molecule has 0 unspecified atom stereocenters. The Bertz CT molecular complexity index is 506. The van der Waals surface area contributed by atoms with Crippen molar-refractivity contribution in [3.05, 3.63) is 35.9 Å². The normalized spacial score (nSPS) is 10.1. The number of nitrogens with one attached hydrogen (secondary N) is 2. The maximum Gasteiger partial charge on any atom is 0.230 e. The van der Waals surface area contributed by atoms with Crippen LogP contribution in [0.15, 0.2) is 30.3 Å². The highest BCUT2D eigenvalue weighted by molar-refractivity contribution is 8.14. The summed E-state index contributed by atoms with van der Waals surface area (Å²) in [5, 5.41) is 5.60. The first-order chi connectivity index (χ1) is 11.1. The number of thioether (sulfide) groups is 1. The molecule has 0 bridgehead atoms. The predicted molar refractivity (Wildman–Crippen MR) is 92.9 cm³/mol. The van der Waals surface area contributed by atoms with Crippen molar-refractivity contribution in [1.29, 1.82) is 0 Å². The molecule has 0 heterocycles. The van der Waals surface area contributed by atoms with Crippen molar-refractivity contribution in [3.8, 4) is 0 Å². The van der Waals surface area contributed by atoms with Crippen LogP contribution in [0.5, 0.6) is 0 Å². The highest BCUT2D eigenvalue weighted by Crippen LogP contribution is 2.02. The van der Waals surface area contributed by atoms with Crippen molar-refractivity contribution in [2.75, 3.05) is 12.3 Å². The average molecular weight is 336 g/mol. The Balaban J connectivity index is 1.97. The largest absolute Gasteiger partial charge is 0.355 e. The second kappa shape index (κ2) is 11.7. The standard InChI is InChI=1S/C17H24N2O3S/c1-14(20)23-13-17(22)18-11-7-3-6-10-16(21)19-12-15-8-4-2-5-9-15/h2,4-5,8-9H,3,6-7,10-13H2,1H3,(H,18,22)(H,19,21). The van der Waals surface area contributed by atoms with E-state index >= 15 is 0 Å². The zero-order chi connectivity index (χ0) is 16.9. The second-order valence-electron chi connectivity index (χ2n) is 5.20. The monoisotopic (exact) mass is 336 g/mol. The number of benzene rings is 1. The van der Waals surface area contributed by atoms with Crippen molar-refractivity contribution < 1.29 is 14.4 Å². The van der Waals surface area contributed by atoms with Gasteiger partial charge in [0.25, 0.3) is 0 Å². The molecule has 0 fully saturated rings. The van der Waals surface area contributed by atoms with E-state index in [0.717, 1.165) is 36.6 Å². The number of hydrogen-bond acceptors (Lipinski definition) is 4. The van der Waals surface area contributed by atoms with Gasteiger partial charge in [0, 0.05) is 26.4 Å². The lowest BCUT2D eigenvalue weighted by atomic mass is 10.2. The quantitative estimate of drug-likeness (QED) is 0.643.